The predicted octanol–water partition coefficient (Wildman–Crippen LogP) is 1.62. The number of aromatic amines is 1. The number of hydrogen-bond acceptors (Lipinski definition) is 6. The molecule has 2 amide bonds. The molecule has 0 aliphatic carbocycles. The quantitative estimate of drug-likeness (QED) is 0.638. The van der Waals surface area contributed by atoms with Gasteiger partial charge in [0.1, 0.15) is 11.6 Å². The minimum Gasteiger partial charge on any atom is -0.493 e. The fourth-order valence-corrected chi connectivity index (χ4v) is 5.05. The molecule has 9 nitrogen and oxygen atoms in total. The Morgan fingerprint density at radius 1 is 1.12 bits per heavy atom. The van der Waals surface area contributed by atoms with Gasteiger partial charge in [-0.25, -0.2) is 4.98 Å². The first-order valence-corrected chi connectivity index (χ1v) is 11.8. The van der Waals surface area contributed by atoms with Crippen molar-refractivity contribution in [3.8, 4) is 5.75 Å². The van der Waals surface area contributed by atoms with E-state index < -0.39 is 0 Å². The van der Waals surface area contributed by atoms with Crippen molar-refractivity contribution in [1.82, 2.24) is 25.5 Å². The van der Waals surface area contributed by atoms with Crippen LogP contribution in [0.5, 0.6) is 5.75 Å². The van der Waals surface area contributed by atoms with Crippen molar-refractivity contribution in [2.24, 2.45) is 0 Å². The van der Waals surface area contributed by atoms with Crippen LogP contribution < -0.4 is 15.4 Å². The second-order valence-electron chi connectivity index (χ2n) is 9.08. The van der Waals surface area contributed by atoms with Crippen LogP contribution in [0.15, 0.2) is 36.7 Å². The summed E-state index contributed by atoms with van der Waals surface area (Å²) in [6, 6.07) is 6.82. The van der Waals surface area contributed by atoms with E-state index in [1.165, 1.54) is 0 Å². The third-order valence-corrected chi connectivity index (χ3v) is 6.72. The number of carbonyl (C=O) groups excluding carboxylic acids is 2. The van der Waals surface area contributed by atoms with Gasteiger partial charge < -0.3 is 25.1 Å². The Morgan fingerprint density at radius 3 is 2.88 bits per heavy atom. The predicted molar refractivity (Wildman–Crippen MR) is 121 cm³/mol. The Balaban J connectivity index is 1.38. The van der Waals surface area contributed by atoms with Gasteiger partial charge in [-0.3, -0.25) is 14.5 Å². The zero-order valence-corrected chi connectivity index (χ0v) is 18.7. The summed E-state index contributed by atoms with van der Waals surface area (Å²) < 4.78 is 12.2. The smallest absolute Gasteiger partial charge is 0.255 e. The zero-order valence-electron chi connectivity index (χ0n) is 18.7. The van der Waals surface area contributed by atoms with Crippen LogP contribution in [0.1, 0.15) is 48.3 Å². The van der Waals surface area contributed by atoms with Gasteiger partial charge >= 0.3 is 0 Å². The molecular formula is C24H31N5O4. The normalized spacial score (nSPS) is 29.0. The number of fused-ring (bicyclic) bond motifs is 5. The number of rotatable bonds is 2. The molecular weight excluding hydrogens is 422 g/mol. The minimum absolute atomic E-state index is 0.0170. The van der Waals surface area contributed by atoms with Crippen LogP contribution in [-0.4, -0.2) is 70.7 Å². The lowest BCUT2D eigenvalue weighted by Crippen LogP contribution is -2.46. The van der Waals surface area contributed by atoms with Crippen LogP contribution in [0.2, 0.25) is 0 Å². The van der Waals surface area contributed by atoms with Gasteiger partial charge in [-0.15, -0.1) is 0 Å². The Morgan fingerprint density at radius 2 is 2.00 bits per heavy atom. The lowest BCUT2D eigenvalue weighted by atomic mass is 10.0. The Labute approximate surface area is 193 Å². The Hall–Kier alpha value is -2.91. The van der Waals surface area contributed by atoms with E-state index in [0.29, 0.717) is 44.0 Å². The molecule has 3 N–H and O–H groups in total. The summed E-state index contributed by atoms with van der Waals surface area (Å²) in [7, 11) is 0. The molecule has 9 heteroatoms. The van der Waals surface area contributed by atoms with E-state index in [0.717, 1.165) is 31.5 Å². The van der Waals surface area contributed by atoms with Gasteiger partial charge in [0, 0.05) is 37.9 Å². The van der Waals surface area contributed by atoms with Crippen molar-refractivity contribution in [2.45, 2.75) is 62.9 Å². The van der Waals surface area contributed by atoms with Crippen LogP contribution in [0.25, 0.3) is 0 Å². The fraction of sp³-hybridized carbons (Fsp3) is 0.542. The Bertz CT molecular complexity index is 966. The number of ether oxygens (including phenoxy) is 2. The molecule has 4 bridgehead atoms. The van der Waals surface area contributed by atoms with E-state index in [4.69, 9.17) is 9.47 Å². The third kappa shape index (κ3) is 5.20. The summed E-state index contributed by atoms with van der Waals surface area (Å²) in [5.74, 6) is 1.16. The first-order valence-electron chi connectivity index (χ1n) is 11.8. The minimum atomic E-state index is -0.348. The van der Waals surface area contributed by atoms with Crippen molar-refractivity contribution >= 4 is 11.8 Å². The molecule has 176 valence electrons. The van der Waals surface area contributed by atoms with Gasteiger partial charge in [0.15, 0.2) is 0 Å². The van der Waals surface area contributed by atoms with Gasteiger partial charge in [-0.2, -0.15) is 0 Å². The molecule has 4 atom stereocenters. The van der Waals surface area contributed by atoms with E-state index >= 15 is 0 Å². The van der Waals surface area contributed by atoms with Crippen molar-refractivity contribution in [3.63, 3.8) is 0 Å². The van der Waals surface area contributed by atoms with E-state index in [2.05, 4.69) is 25.5 Å². The number of amides is 2. The van der Waals surface area contributed by atoms with E-state index in [-0.39, 0.29) is 36.1 Å². The number of nitrogens with one attached hydrogen (secondary N) is 3. The summed E-state index contributed by atoms with van der Waals surface area (Å²) in [4.78, 5) is 35.8. The van der Waals surface area contributed by atoms with Crippen LogP contribution in [0.4, 0.5) is 0 Å². The largest absolute Gasteiger partial charge is 0.493 e. The molecule has 2 aromatic rings. The highest BCUT2D eigenvalue weighted by Gasteiger charge is 2.38. The van der Waals surface area contributed by atoms with Crippen molar-refractivity contribution in [2.75, 3.05) is 19.7 Å². The lowest BCUT2D eigenvalue weighted by molar-refractivity contribution is -0.127. The maximum absolute atomic E-state index is 13.2. The van der Waals surface area contributed by atoms with Gasteiger partial charge in [-0.1, -0.05) is 12.1 Å². The molecule has 4 heterocycles. The molecule has 3 aliphatic rings. The average Bonchev–Trinajstić information content (AvgIpc) is 3.48. The van der Waals surface area contributed by atoms with E-state index in [1.807, 2.05) is 18.2 Å². The summed E-state index contributed by atoms with van der Waals surface area (Å²) in [6.45, 7) is 2.06. The standard InChI is InChI=1S/C24H31N5O4/c30-23-19-6-1-2-7-21(19)32-11-8-17-4-3-5-18(33-17)13-27-24(31)20-12-16(28-23)14-29(20)15-22-25-9-10-26-22/h1-2,6-7,9-10,16-18,20H,3-5,8,11-15H2,(H,25,26)(H,27,31)(H,28,30)/t16-,17-,18-,20-/m0/s1. The van der Waals surface area contributed by atoms with Crippen LogP contribution >= 0.6 is 0 Å². The summed E-state index contributed by atoms with van der Waals surface area (Å²) in [6.07, 6.45) is 7.88. The lowest BCUT2D eigenvalue weighted by Gasteiger charge is -2.31. The molecule has 0 unspecified atom stereocenters. The molecule has 33 heavy (non-hydrogen) atoms. The first kappa shape index (κ1) is 21.9. The summed E-state index contributed by atoms with van der Waals surface area (Å²) in [5, 5.41) is 6.22. The van der Waals surface area contributed by atoms with Gasteiger partial charge in [-0.05, 0) is 37.8 Å². The number of hydrogen-bond donors (Lipinski definition) is 3. The summed E-state index contributed by atoms with van der Waals surface area (Å²) >= 11 is 0. The monoisotopic (exact) mass is 453 g/mol. The maximum Gasteiger partial charge on any atom is 0.255 e. The summed E-state index contributed by atoms with van der Waals surface area (Å²) in [5.41, 5.74) is 0.512. The number of likely N-dealkylation sites (tertiary alicyclic amines) is 1. The molecule has 1 aromatic heterocycles. The maximum atomic E-state index is 13.2. The topological polar surface area (TPSA) is 109 Å². The number of para-hydroxylation sites is 1. The molecule has 2 fully saturated rings. The molecule has 3 aliphatic heterocycles. The van der Waals surface area contributed by atoms with Crippen molar-refractivity contribution < 1.29 is 19.1 Å². The number of nitrogens with zero attached hydrogens (tertiary/aromatic N) is 2. The highest BCUT2D eigenvalue weighted by Crippen LogP contribution is 2.25. The Kier molecular flexibility index (Phi) is 6.59. The second-order valence-corrected chi connectivity index (χ2v) is 9.08. The number of benzene rings is 1. The molecule has 0 saturated carbocycles. The van der Waals surface area contributed by atoms with Gasteiger partial charge in [0.05, 0.1) is 37.0 Å². The highest BCUT2D eigenvalue weighted by molar-refractivity contribution is 5.97. The molecule has 0 radical (unpaired) electrons. The van der Waals surface area contributed by atoms with Gasteiger partial charge in [0.2, 0.25) is 5.91 Å². The SMILES string of the molecule is O=C1N[C@H]2C[C@@H](C(=O)NC[C@@H]3CCC[C@@H](CCOc4ccccc41)O3)N(Cc1ncc[nH]1)C2. The van der Waals surface area contributed by atoms with Crippen LogP contribution in [-0.2, 0) is 16.1 Å². The highest BCUT2D eigenvalue weighted by atomic mass is 16.5. The number of carbonyl (C=O) groups is 2. The van der Waals surface area contributed by atoms with E-state index in [9.17, 15) is 9.59 Å². The fourth-order valence-electron chi connectivity index (χ4n) is 5.05. The second kappa shape index (κ2) is 9.93. The average molecular weight is 454 g/mol. The number of H-pyrrole nitrogens is 1. The third-order valence-electron chi connectivity index (χ3n) is 6.72. The van der Waals surface area contributed by atoms with Gasteiger partial charge in [0.25, 0.3) is 5.91 Å². The number of aromatic nitrogens is 2. The molecule has 0 spiro atoms. The van der Waals surface area contributed by atoms with Crippen molar-refractivity contribution in [1.29, 1.82) is 0 Å². The zero-order chi connectivity index (χ0) is 22.6. The van der Waals surface area contributed by atoms with Crippen LogP contribution in [0, 0.1) is 0 Å². The molecule has 5 rings (SSSR count). The van der Waals surface area contributed by atoms with E-state index in [1.54, 1.807) is 18.5 Å². The molecule has 1 aromatic carbocycles. The van der Waals surface area contributed by atoms with Crippen LogP contribution in [0.3, 0.4) is 0 Å². The number of imidazole rings is 1. The van der Waals surface area contributed by atoms with Crippen molar-refractivity contribution in [3.05, 3.63) is 48.0 Å². The molecule has 2 saturated heterocycles. The first-order chi connectivity index (χ1) is 16.2.